The van der Waals surface area contributed by atoms with E-state index in [4.69, 9.17) is 0 Å². The molecule has 0 radical (unpaired) electrons. The van der Waals surface area contributed by atoms with Gasteiger partial charge in [-0.3, -0.25) is 4.90 Å². The van der Waals surface area contributed by atoms with Gasteiger partial charge in [0.1, 0.15) is 5.82 Å². The van der Waals surface area contributed by atoms with E-state index in [1.165, 1.54) is 17.5 Å². The number of nitrogens with zero attached hydrogens (tertiary/aromatic N) is 5. The third kappa shape index (κ3) is 3.07. The summed E-state index contributed by atoms with van der Waals surface area (Å²) in [4.78, 5) is 10.6. The van der Waals surface area contributed by atoms with Gasteiger partial charge in [-0.2, -0.15) is 4.31 Å². The first-order chi connectivity index (χ1) is 10.5. The smallest absolute Gasteiger partial charge is 0.254 e. The molecule has 2 aromatic rings. The lowest BCUT2D eigenvalue weighted by Crippen LogP contribution is -2.48. The maximum absolute atomic E-state index is 12.5. The van der Waals surface area contributed by atoms with E-state index < -0.39 is 10.0 Å². The Morgan fingerprint density at radius 2 is 1.95 bits per heavy atom. The van der Waals surface area contributed by atoms with Gasteiger partial charge in [0.2, 0.25) is 0 Å². The summed E-state index contributed by atoms with van der Waals surface area (Å²) in [6, 6.07) is 0. The summed E-state index contributed by atoms with van der Waals surface area (Å²) in [7, 11) is -1.43. The van der Waals surface area contributed by atoms with Crippen LogP contribution in [0.1, 0.15) is 10.8 Å². The average Bonchev–Trinajstić information content (AvgIpc) is 3.09. The molecule has 0 spiro atoms. The minimum Gasteiger partial charge on any atom is -0.337 e. The zero-order chi connectivity index (χ0) is 15.7. The second-order valence-electron chi connectivity index (χ2n) is 5.33. The average molecular weight is 341 g/mol. The molecule has 3 rings (SSSR count). The number of hydrogen-bond acceptors (Lipinski definition) is 6. The third-order valence-corrected chi connectivity index (χ3v) is 7.06. The highest BCUT2D eigenvalue weighted by Gasteiger charge is 2.30. The van der Waals surface area contributed by atoms with E-state index in [2.05, 4.69) is 14.9 Å². The molecule has 0 bridgehead atoms. The Balaban J connectivity index is 1.63. The van der Waals surface area contributed by atoms with E-state index in [-0.39, 0.29) is 0 Å². The highest BCUT2D eigenvalue weighted by Crippen LogP contribution is 2.23. The maximum atomic E-state index is 12.5. The van der Waals surface area contributed by atoms with Crippen molar-refractivity contribution in [1.82, 2.24) is 23.7 Å². The van der Waals surface area contributed by atoms with Gasteiger partial charge in [0.05, 0.1) is 17.7 Å². The van der Waals surface area contributed by atoms with Crippen molar-refractivity contribution in [3.8, 4) is 0 Å². The normalized spacial score (nSPS) is 17.9. The lowest BCUT2D eigenvalue weighted by molar-refractivity contribution is 0.177. The van der Waals surface area contributed by atoms with Crippen LogP contribution in [0.4, 0.5) is 0 Å². The van der Waals surface area contributed by atoms with Gasteiger partial charge in [-0.15, -0.1) is 11.3 Å². The van der Waals surface area contributed by atoms with E-state index in [1.807, 2.05) is 24.7 Å². The van der Waals surface area contributed by atoms with Crippen molar-refractivity contribution in [3.63, 3.8) is 0 Å². The van der Waals surface area contributed by atoms with Crippen LogP contribution in [0.5, 0.6) is 0 Å². The van der Waals surface area contributed by atoms with E-state index in [1.54, 1.807) is 10.5 Å². The fourth-order valence-electron chi connectivity index (χ4n) is 2.47. The monoisotopic (exact) mass is 341 g/mol. The number of rotatable bonds is 4. The van der Waals surface area contributed by atoms with Crippen molar-refractivity contribution in [2.75, 3.05) is 26.2 Å². The van der Waals surface area contributed by atoms with Crippen LogP contribution in [0.25, 0.3) is 0 Å². The van der Waals surface area contributed by atoms with E-state index in [0.29, 0.717) is 30.4 Å². The van der Waals surface area contributed by atoms with Gasteiger partial charge < -0.3 is 4.57 Å². The molecule has 1 aliphatic rings. The van der Waals surface area contributed by atoms with Gasteiger partial charge in [0.15, 0.2) is 4.21 Å². The largest absolute Gasteiger partial charge is 0.337 e. The standard InChI is InChI=1S/C13H19N5O2S2/c1-11-15-9-13(21-11)22(19,20)18-7-5-17(6-8-18)10-12-14-3-4-16(12)2/h3-4,9H,5-8,10H2,1-2H3. The zero-order valence-corrected chi connectivity index (χ0v) is 14.3. The first-order valence-corrected chi connectivity index (χ1v) is 9.33. The molecule has 0 saturated carbocycles. The molecule has 0 atom stereocenters. The highest BCUT2D eigenvalue weighted by atomic mass is 32.2. The number of aryl methyl sites for hydroxylation is 2. The summed E-state index contributed by atoms with van der Waals surface area (Å²) in [6.07, 6.45) is 5.15. The van der Waals surface area contributed by atoms with E-state index in [0.717, 1.165) is 17.4 Å². The summed E-state index contributed by atoms with van der Waals surface area (Å²) in [6.45, 7) is 4.99. The second kappa shape index (κ2) is 6.07. The minimum absolute atomic E-state index is 0.336. The van der Waals surface area contributed by atoms with Crippen LogP contribution in [0, 0.1) is 6.92 Å². The van der Waals surface area contributed by atoms with Crippen LogP contribution in [0.3, 0.4) is 0 Å². The quantitative estimate of drug-likeness (QED) is 0.818. The highest BCUT2D eigenvalue weighted by molar-refractivity contribution is 7.91. The number of aromatic nitrogens is 3. The summed E-state index contributed by atoms with van der Waals surface area (Å²) >= 11 is 1.23. The molecular weight excluding hydrogens is 322 g/mol. The Morgan fingerprint density at radius 1 is 1.23 bits per heavy atom. The molecule has 3 heterocycles. The van der Waals surface area contributed by atoms with Crippen molar-refractivity contribution in [3.05, 3.63) is 29.4 Å². The van der Waals surface area contributed by atoms with Gasteiger partial charge in [-0.25, -0.2) is 18.4 Å². The van der Waals surface area contributed by atoms with Gasteiger partial charge in [0, 0.05) is 45.6 Å². The van der Waals surface area contributed by atoms with Crippen molar-refractivity contribution < 1.29 is 8.42 Å². The molecule has 9 heteroatoms. The summed E-state index contributed by atoms with van der Waals surface area (Å²) < 4.78 is 29.0. The zero-order valence-electron chi connectivity index (χ0n) is 12.6. The topological polar surface area (TPSA) is 71.3 Å². The van der Waals surface area contributed by atoms with Crippen LogP contribution in [-0.4, -0.2) is 58.3 Å². The third-order valence-electron chi connectivity index (χ3n) is 3.81. The van der Waals surface area contributed by atoms with Gasteiger partial charge in [-0.1, -0.05) is 0 Å². The lowest BCUT2D eigenvalue weighted by Gasteiger charge is -2.33. The van der Waals surface area contributed by atoms with Gasteiger partial charge in [0.25, 0.3) is 10.0 Å². The summed E-state index contributed by atoms with van der Waals surface area (Å²) in [5.74, 6) is 0.995. The molecule has 0 unspecified atom stereocenters. The van der Waals surface area contributed by atoms with Crippen molar-refractivity contribution in [2.45, 2.75) is 17.7 Å². The molecule has 0 amide bonds. The molecule has 0 aliphatic carbocycles. The Labute approximate surface area is 134 Å². The predicted molar refractivity (Wildman–Crippen MR) is 84.1 cm³/mol. The second-order valence-corrected chi connectivity index (χ2v) is 8.73. The van der Waals surface area contributed by atoms with Crippen LogP contribution in [0.2, 0.25) is 0 Å². The van der Waals surface area contributed by atoms with Gasteiger partial charge >= 0.3 is 0 Å². The number of imidazole rings is 1. The molecule has 22 heavy (non-hydrogen) atoms. The van der Waals surface area contributed by atoms with Crippen molar-refractivity contribution >= 4 is 21.4 Å². The van der Waals surface area contributed by atoms with E-state index >= 15 is 0 Å². The molecule has 7 nitrogen and oxygen atoms in total. The summed E-state index contributed by atoms with van der Waals surface area (Å²) in [5.41, 5.74) is 0. The fraction of sp³-hybridized carbons (Fsp3) is 0.538. The summed E-state index contributed by atoms with van der Waals surface area (Å²) in [5, 5.41) is 0.770. The first-order valence-electron chi connectivity index (χ1n) is 7.08. The van der Waals surface area contributed by atoms with Crippen molar-refractivity contribution in [1.29, 1.82) is 0 Å². The maximum Gasteiger partial charge on any atom is 0.254 e. The predicted octanol–water partition coefficient (Wildman–Crippen LogP) is 0.692. The Kier molecular flexibility index (Phi) is 4.31. The molecule has 1 fully saturated rings. The Hall–Kier alpha value is -1.29. The Bertz CT molecular complexity index is 744. The SMILES string of the molecule is Cc1ncc(S(=O)(=O)N2CCN(Cc3nccn3C)CC2)s1. The van der Waals surface area contributed by atoms with Gasteiger partial charge in [-0.05, 0) is 6.92 Å². The van der Waals surface area contributed by atoms with Crippen LogP contribution in [0.15, 0.2) is 22.8 Å². The van der Waals surface area contributed by atoms with Crippen LogP contribution >= 0.6 is 11.3 Å². The number of sulfonamides is 1. The molecule has 0 N–H and O–H groups in total. The molecule has 1 aliphatic heterocycles. The van der Waals surface area contributed by atoms with Crippen LogP contribution in [-0.2, 0) is 23.6 Å². The number of piperazine rings is 1. The van der Waals surface area contributed by atoms with E-state index in [9.17, 15) is 8.42 Å². The molecule has 1 saturated heterocycles. The minimum atomic E-state index is -3.39. The molecule has 2 aromatic heterocycles. The molecule has 120 valence electrons. The lowest BCUT2D eigenvalue weighted by atomic mass is 10.3. The molecule has 0 aromatic carbocycles. The fourth-order valence-corrected chi connectivity index (χ4v) is 5.15. The van der Waals surface area contributed by atoms with Crippen LogP contribution < -0.4 is 0 Å². The number of hydrogen-bond donors (Lipinski definition) is 0. The first kappa shape index (κ1) is 15.6. The number of thiazole rings is 1. The van der Waals surface area contributed by atoms with Crippen molar-refractivity contribution in [2.24, 2.45) is 7.05 Å². The molecular formula is C13H19N5O2S2. The Morgan fingerprint density at radius 3 is 2.50 bits per heavy atom.